The van der Waals surface area contributed by atoms with Crippen molar-refractivity contribution in [2.45, 2.75) is 39.5 Å². The highest BCUT2D eigenvalue weighted by molar-refractivity contribution is 7.83. The SMILES string of the molecule is CCCCC(C#CP(=O)(c1ccccc1)c1ccccc1)CC. The van der Waals surface area contributed by atoms with Gasteiger partial charge in [-0.05, 0) is 18.5 Å². The third kappa shape index (κ3) is 4.60. The van der Waals surface area contributed by atoms with E-state index in [-0.39, 0.29) is 0 Å². The van der Waals surface area contributed by atoms with Crippen LogP contribution in [-0.2, 0) is 4.57 Å². The third-order valence-corrected chi connectivity index (χ3v) is 6.56. The molecule has 0 N–H and O–H groups in total. The van der Waals surface area contributed by atoms with Crippen molar-refractivity contribution < 1.29 is 4.57 Å². The molecular formula is C21H25OP. The standard InChI is InChI=1S/C21H25OP/c1-3-5-12-19(4-2)17-18-23(22,20-13-8-6-9-14-20)21-15-10-7-11-16-21/h6-11,13-16,19H,3-5,12H2,1-2H3. The highest BCUT2D eigenvalue weighted by atomic mass is 31.2. The Morgan fingerprint density at radius 1 is 0.913 bits per heavy atom. The first-order valence-corrected chi connectivity index (χ1v) is 10.2. The van der Waals surface area contributed by atoms with E-state index in [1.807, 2.05) is 60.7 Å². The van der Waals surface area contributed by atoms with Crippen LogP contribution in [0.25, 0.3) is 0 Å². The van der Waals surface area contributed by atoms with E-state index >= 15 is 0 Å². The van der Waals surface area contributed by atoms with E-state index < -0.39 is 7.14 Å². The van der Waals surface area contributed by atoms with Crippen molar-refractivity contribution in [2.24, 2.45) is 5.92 Å². The summed E-state index contributed by atoms with van der Waals surface area (Å²) in [5, 5.41) is 1.65. The molecule has 0 aromatic heterocycles. The minimum atomic E-state index is -2.88. The maximum Gasteiger partial charge on any atom is 0.210 e. The van der Waals surface area contributed by atoms with Gasteiger partial charge in [-0.1, -0.05) is 93.3 Å². The molecule has 23 heavy (non-hydrogen) atoms. The Labute approximate surface area is 140 Å². The average Bonchev–Trinajstić information content (AvgIpc) is 2.63. The molecule has 1 nitrogen and oxygen atoms in total. The maximum absolute atomic E-state index is 13.7. The van der Waals surface area contributed by atoms with Gasteiger partial charge in [0.2, 0.25) is 7.14 Å². The zero-order chi connectivity index (χ0) is 16.5. The van der Waals surface area contributed by atoms with Crippen molar-refractivity contribution in [3.05, 3.63) is 60.7 Å². The van der Waals surface area contributed by atoms with Gasteiger partial charge < -0.3 is 0 Å². The molecule has 0 aliphatic rings. The molecule has 2 heteroatoms. The Morgan fingerprint density at radius 2 is 1.43 bits per heavy atom. The number of rotatable bonds is 6. The molecule has 0 amide bonds. The molecule has 1 atom stereocenters. The molecule has 0 aliphatic heterocycles. The molecule has 2 aromatic carbocycles. The van der Waals surface area contributed by atoms with Gasteiger partial charge in [0, 0.05) is 16.5 Å². The van der Waals surface area contributed by atoms with Crippen LogP contribution in [0.4, 0.5) is 0 Å². The fraction of sp³-hybridized carbons (Fsp3) is 0.333. The van der Waals surface area contributed by atoms with Gasteiger partial charge in [0.05, 0.1) is 0 Å². The van der Waals surface area contributed by atoms with E-state index in [1.54, 1.807) is 0 Å². The van der Waals surface area contributed by atoms with E-state index in [0.717, 1.165) is 23.5 Å². The lowest BCUT2D eigenvalue weighted by molar-refractivity contribution is 0.556. The van der Waals surface area contributed by atoms with Crippen LogP contribution in [0.1, 0.15) is 39.5 Å². The number of hydrogen-bond acceptors (Lipinski definition) is 1. The highest BCUT2D eigenvalue weighted by Crippen LogP contribution is 2.42. The minimum absolute atomic E-state index is 0.329. The largest absolute Gasteiger partial charge is 0.300 e. The van der Waals surface area contributed by atoms with E-state index in [0.29, 0.717) is 5.92 Å². The Morgan fingerprint density at radius 3 is 1.87 bits per heavy atom. The second-order valence-corrected chi connectivity index (χ2v) is 8.26. The first kappa shape index (κ1) is 17.6. The van der Waals surface area contributed by atoms with Crippen molar-refractivity contribution in [1.29, 1.82) is 0 Å². The van der Waals surface area contributed by atoms with E-state index in [9.17, 15) is 4.57 Å². The van der Waals surface area contributed by atoms with Gasteiger partial charge in [-0.3, -0.25) is 4.57 Å². The van der Waals surface area contributed by atoms with Gasteiger partial charge in [0.15, 0.2) is 0 Å². The van der Waals surface area contributed by atoms with E-state index in [1.165, 1.54) is 12.8 Å². The van der Waals surface area contributed by atoms with Gasteiger partial charge in [-0.2, -0.15) is 0 Å². The zero-order valence-electron chi connectivity index (χ0n) is 14.0. The fourth-order valence-corrected chi connectivity index (χ4v) is 4.67. The van der Waals surface area contributed by atoms with Crippen LogP contribution in [0.2, 0.25) is 0 Å². The van der Waals surface area contributed by atoms with E-state index in [4.69, 9.17) is 0 Å². The average molecular weight is 324 g/mol. The molecule has 2 aromatic rings. The minimum Gasteiger partial charge on any atom is -0.300 e. The zero-order valence-corrected chi connectivity index (χ0v) is 14.9. The Balaban J connectivity index is 2.42. The second-order valence-electron chi connectivity index (χ2n) is 5.78. The van der Waals surface area contributed by atoms with Crippen molar-refractivity contribution in [2.75, 3.05) is 0 Å². The number of benzene rings is 2. The van der Waals surface area contributed by atoms with Crippen LogP contribution in [-0.4, -0.2) is 0 Å². The molecule has 120 valence electrons. The lowest BCUT2D eigenvalue weighted by Gasteiger charge is -2.14. The number of hydrogen-bond donors (Lipinski definition) is 0. The fourth-order valence-electron chi connectivity index (χ4n) is 2.57. The van der Waals surface area contributed by atoms with Crippen LogP contribution in [0.3, 0.4) is 0 Å². The van der Waals surface area contributed by atoms with Gasteiger partial charge >= 0.3 is 0 Å². The Kier molecular flexibility index (Phi) is 6.69. The van der Waals surface area contributed by atoms with Gasteiger partial charge in [0.25, 0.3) is 0 Å². The van der Waals surface area contributed by atoms with Gasteiger partial charge in [-0.25, -0.2) is 0 Å². The first-order chi connectivity index (χ1) is 11.2. The van der Waals surface area contributed by atoms with Crippen molar-refractivity contribution in [1.82, 2.24) is 0 Å². The summed E-state index contributed by atoms with van der Waals surface area (Å²) < 4.78 is 13.7. The Bertz CT molecular complexity index is 651. The normalized spacial score (nSPS) is 12.3. The quantitative estimate of drug-likeness (QED) is 0.529. The maximum atomic E-state index is 13.7. The highest BCUT2D eigenvalue weighted by Gasteiger charge is 2.24. The molecular weight excluding hydrogens is 299 g/mol. The lowest BCUT2D eigenvalue weighted by atomic mass is 10.0. The van der Waals surface area contributed by atoms with Crippen molar-refractivity contribution in [3.63, 3.8) is 0 Å². The first-order valence-electron chi connectivity index (χ1n) is 8.44. The molecule has 0 bridgehead atoms. The van der Waals surface area contributed by atoms with Crippen LogP contribution >= 0.6 is 7.14 Å². The summed E-state index contributed by atoms with van der Waals surface area (Å²) in [6, 6.07) is 19.3. The molecule has 0 radical (unpaired) electrons. The van der Waals surface area contributed by atoms with Crippen LogP contribution in [0.5, 0.6) is 0 Å². The molecule has 2 rings (SSSR count). The summed E-state index contributed by atoms with van der Waals surface area (Å²) in [7, 11) is -2.88. The van der Waals surface area contributed by atoms with Crippen LogP contribution in [0, 0.1) is 17.5 Å². The van der Waals surface area contributed by atoms with Crippen LogP contribution in [0.15, 0.2) is 60.7 Å². The summed E-state index contributed by atoms with van der Waals surface area (Å²) in [4.78, 5) is 0. The monoisotopic (exact) mass is 324 g/mol. The predicted molar refractivity (Wildman–Crippen MR) is 101 cm³/mol. The molecule has 0 heterocycles. The Hall–Kier alpha value is -1.77. The van der Waals surface area contributed by atoms with Crippen LogP contribution < -0.4 is 10.6 Å². The molecule has 0 spiro atoms. The molecule has 0 saturated carbocycles. The number of unbranched alkanes of at least 4 members (excludes halogenated alkanes) is 1. The van der Waals surface area contributed by atoms with Gasteiger partial charge in [-0.15, -0.1) is 0 Å². The second kappa shape index (κ2) is 8.76. The molecule has 0 saturated heterocycles. The summed E-state index contributed by atoms with van der Waals surface area (Å²) in [5.74, 6) is 3.66. The summed E-state index contributed by atoms with van der Waals surface area (Å²) >= 11 is 0. The van der Waals surface area contributed by atoms with E-state index in [2.05, 4.69) is 25.4 Å². The van der Waals surface area contributed by atoms with Crippen molar-refractivity contribution in [3.8, 4) is 11.6 Å². The predicted octanol–water partition coefficient (Wildman–Crippen LogP) is 5.18. The summed E-state index contributed by atoms with van der Waals surface area (Å²) in [6.45, 7) is 4.35. The topological polar surface area (TPSA) is 17.1 Å². The lowest BCUT2D eigenvalue weighted by Crippen LogP contribution is -2.14. The molecule has 1 unspecified atom stereocenters. The smallest absolute Gasteiger partial charge is 0.210 e. The molecule has 0 aliphatic carbocycles. The molecule has 0 fully saturated rings. The van der Waals surface area contributed by atoms with Crippen molar-refractivity contribution >= 4 is 17.8 Å². The summed E-state index contributed by atoms with van der Waals surface area (Å²) in [6.07, 6.45) is 4.45. The van der Waals surface area contributed by atoms with Gasteiger partial charge in [0.1, 0.15) is 0 Å². The summed E-state index contributed by atoms with van der Waals surface area (Å²) in [5.41, 5.74) is 3.19. The third-order valence-electron chi connectivity index (χ3n) is 4.06.